The van der Waals surface area contributed by atoms with Crippen molar-refractivity contribution in [3.63, 3.8) is 0 Å². The van der Waals surface area contributed by atoms with Gasteiger partial charge in [-0.2, -0.15) is 0 Å². The predicted octanol–water partition coefficient (Wildman–Crippen LogP) is 3.51. The third kappa shape index (κ3) is 4.50. The summed E-state index contributed by atoms with van der Waals surface area (Å²) in [6, 6.07) is 6.33. The molecule has 1 aliphatic carbocycles. The SMILES string of the molecule is CCNCc1ccc(OC)c(COCCC2CCC2)c1. The van der Waals surface area contributed by atoms with Gasteiger partial charge in [-0.15, -0.1) is 0 Å². The monoisotopic (exact) mass is 277 g/mol. The molecule has 0 heterocycles. The van der Waals surface area contributed by atoms with Crippen LogP contribution in [0, 0.1) is 5.92 Å². The summed E-state index contributed by atoms with van der Waals surface area (Å²) in [6.07, 6.45) is 5.40. The molecular formula is C17H27NO2. The van der Waals surface area contributed by atoms with Crippen molar-refractivity contribution in [3.05, 3.63) is 29.3 Å². The largest absolute Gasteiger partial charge is 0.496 e. The van der Waals surface area contributed by atoms with Crippen molar-refractivity contribution < 1.29 is 9.47 Å². The topological polar surface area (TPSA) is 30.5 Å². The van der Waals surface area contributed by atoms with Gasteiger partial charge in [-0.1, -0.05) is 32.3 Å². The molecule has 0 bridgehead atoms. The molecule has 0 spiro atoms. The third-order valence-electron chi connectivity index (χ3n) is 4.08. The summed E-state index contributed by atoms with van der Waals surface area (Å²) < 4.78 is 11.2. The van der Waals surface area contributed by atoms with E-state index in [0.29, 0.717) is 6.61 Å². The van der Waals surface area contributed by atoms with E-state index in [1.165, 1.54) is 31.2 Å². The first-order valence-corrected chi connectivity index (χ1v) is 7.77. The number of nitrogens with one attached hydrogen (secondary N) is 1. The minimum absolute atomic E-state index is 0.649. The standard InChI is InChI=1S/C17H27NO2/c1-3-18-12-15-7-8-17(19-2)16(11-15)13-20-10-9-14-5-4-6-14/h7-8,11,14,18H,3-6,9-10,12-13H2,1-2H3. The van der Waals surface area contributed by atoms with Crippen molar-refractivity contribution in [2.75, 3.05) is 20.3 Å². The molecule has 0 aliphatic heterocycles. The van der Waals surface area contributed by atoms with Crippen LogP contribution in [0.3, 0.4) is 0 Å². The number of hydrogen-bond acceptors (Lipinski definition) is 3. The van der Waals surface area contributed by atoms with Gasteiger partial charge in [0, 0.05) is 18.7 Å². The predicted molar refractivity (Wildman–Crippen MR) is 82.0 cm³/mol. The van der Waals surface area contributed by atoms with Crippen molar-refractivity contribution in [1.82, 2.24) is 5.32 Å². The van der Waals surface area contributed by atoms with Crippen LogP contribution in [-0.2, 0) is 17.9 Å². The van der Waals surface area contributed by atoms with E-state index in [4.69, 9.17) is 9.47 Å². The second-order valence-electron chi connectivity index (χ2n) is 5.56. The van der Waals surface area contributed by atoms with E-state index in [1.54, 1.807) is 7.11 Å². The Labute approximate surface area is 122 Å². The molecule has 0 aromatic heterocycles. The quantitative estimate of drug-likeness (QED) is 0.701. The minimum Gasteiger partial charge on any atom is -0.496 e. The molecular weight excluding hydrogens is 250 g/mol. The molecule has 0 atom stereocenters. The lowest BCUT2D eigenvalue weighted by molar-refractivity contribution is 0.0936. The first-order valence-electron chi connectivity index (χ1n) is 7.77. The second kappa shape index (κ2) is 8.28. The molecule has 1 fully saturated rings. The van der Waals surface area contributed by atoms with Crippen molar-refractivity contribution in [3.8, 4) is 5.75 Å². The fourth-order valence-electron chi connectivity index (χ4n) is 2.54. The maximum absolute atomic E-state index is 5.83. The average Bonchev–Trinajstić information content (AvgIpc) is 2.43. The fourth-order valence-corrected chi connectivity index (χ4v) is 2.54. The Bertz CT molecular complexity index is 402. The summed E-state index contributed by atoms with van der Waals surface area (Å²) in [7, 11) is 1.72. The van der Waals surface area contributed by atoms with Crippen LogP contribution in [0.15, 0.2) is 18.2 Å². The normalized spacial score (nSPS) is 15.1. The van der Waals surface area contributed by atoms with Crippen LogP contribution in [0.25, 0.3) is 0 Å². The Hall–Kier alpha value is -1.06. The maximum Gasteiger partial charge on any atom is 0.124 e. The smallest absolute Gasteiger partial charge is 0.124 e. The van der Waals surface area contributed by atoms with E-state index in [1.807, 2.05) is 6.07 Å². The highest BCUT2D eigenvalue weighted by molar-refractivity contribution is 5.36. The first kappa shape index (κ1) is 15.3. The molecule has 0 amide bonds. The van der Waals surface area contributed by atoms with E-state index in [-0.39, 0.29) is 0 Å². The molecule has 1 N–H and O–H groups in total. The van der Waals surface area contributed by atoms with Gasteiger partial charge >= 0.3 is 0 Å². The van der Waals surface area contributed by atoms with Crippen LogP contribution < -0.4 is 10.1 Å². The second-order valence-corrected chi connectivity index (χ2v) is 5.56. The highest BCUT2D eigenvalue weighted by atomic mass is 16.5. The summed E-state index contributed by atoms with van der Waals surface area (Å²) in [5.74, 6) is 1.84. The van der Waals surface area contributed by atoms with E-state index >= 15 is 0 Å². The molecule has 1 saturated carbocycles. The zero-order chi connectivity index (χ0) is 14.2. The molecule has 0 radical (unpaired) electrons. The number of ether oxygens (including phenoxy) is 2. The molecule has 0 unspecified atom stereocenters. The Morgan fingerprint density at radius 1 is 1.30 bits per heavy atom. The van der Waals surface area contributed by atoms with Gasteiger partial charge in [0.15, 0.2) is 0 Å². The van der Waals surface area contributed by atoms with Crippen LogP contribution >= 0.6 is 0 Å². The van der Waals surface area contributed by atoms with Gasteiger partial charge < -0.3 is 14.8 Å². The van der Waals surface area contributed by atoms with Gasteiger partial charge in [0.2, 0.25) is 0 Å². The van der Waals surface area contributed by atoms with Crippen LogP contribution in [0.1, 0.15) is 43.7 Å². The molecule has 2 rings (SSSR count). The maximum atomic E-state index is 5.83. The van der Waals surface area contributed by atoms with Crippen LogP contribution in [0.4, 0.5) is 0 Å². The van der Waals surface area contributed by atoms with E-state index in [2.05, 4.69) is 24.4 Å². The molecule has 3 heteroatoms. The number of methoxy groups -OCH3 is 1. The minimum atomic E-state index is 0.649. The Morgan fingerprint density at radius 3 is 2.80 bits per heavy atom. The van der Waals surface area contributed by atoms with E-state index < -0.39 is 0 Å². The molecule has 20 heavy (non-hydrogen) atoms. The van der Waals surface area contributed by atoms with Gasteiger partial charge in [-0.3, -0.25) is 0 Å². The summed E-state index contributed by atoms with van der Waals surface area (Å²) >= 11 is 0. The molecule has 1 aromatic carbocycles. The molecule has 0 saturated heterocycles. The number of hydrogen-bond donors (Lipinski definition) is 1. The zero-order valence-electron chi connectivity index (χ0n) is 12.8. The summed E-state index contributed by atoms with van der Waals surface area (Å²) in [6.45, 7) is 5.52. The average molecular weight is 277 g/mol. The molecule has 1 aromatic rings. The lowest BCUT2D eigenvalue weighted by atomic mass is 9.83. The summed E-state index contributed by atoms with van der Waals surface area (Å²) in [5.41, 5.74) is 2.43. The van der Waals surface area contributed by atoms with Gasteiger partial charge in [0.25, 0.3) is 0 Å². The highest BCUT2D eigenvalue weighted by Crippen LogP contribution is 2.29. The lowest BCUT2D eigenvalue weighted by Crippen LogP contribution is -2.14. The van der Waals surface area contributed by atoms with Crippen molar-refractivity contribution in [2.24, 2.45) is 5.92 Å². The lowest BCUT2D eigenvalue weighted by Gasteiger charge is -2.24. The summed E-state index contributed by atoms with van der Waals surface area (Å²) in [5, 5.41) is 3.35. The molecule has 3 nitrogen and oxygen atoms in total. The Kier molecular flexibility index (Phi) is 6.34. The number of benzene rings is 1. The fraction of sp³-hybridized carbons (Fsp3) is 0.647. The third-order valence-corrected chi connectivity index (χ3v) is 4.08. The molecule has 112 valence electrons. The van der Waals surface area contributed by atoms with Gasteiger partial charge in [0.05, 0.1) is 13.7 Å². The van der Waals surface area contributed by atoms with Crippen LogP contribution in [0.2, 0.25) is 0 Å². The Balaban J connectivity index is 1.82. The van der Waals surface area contributed by atoms with Crippen LogP contribution in [0.5, 0.6) is 5.75 Å². The zero-order valence-corrected chi connectivity index (χ0v) is 12.8. The number of rotatable bonds is 9. The van der Waals surface area contributed by atoms with Gasteiger partial charge in [0.1, 0.15) is 5.75 Å². The van der Waals surface area contributed by atoms with Crippen molar-refractivity contribution in [1.29, 1.82) is 0 Å². The van der Waals surface area contributed by atoms with E-state index in [9.17, 15) is 0 Å². The van der Waals surface area contributed by atoms with Crippen LogP contribution in [-0.4, -0.2) is 20.3 Å². The van der Waals surface area contributed by atoms with Crippen molar-refractivity contribution >= 4 is 0 Å². The first-order chi connectivity index (χ1) is 9.83. The van der Waals surface area contributed by atoms with E-state index in [0.717, 1.165) is 36.9 Å². The summed E-state index contributed by atoms with van der Waals surface area (Å²) in [4.78, 5) is 0. The Morgan fingerprint density at radius 2 is 2.15 bits per heavy atom. The van der Waals surface area contributed by atoms with Gasteiger partial charge in [-0.05, 0) is 36.6 Å². The van der Waals surface area contributed by atoms with Crippen molar-refractivity contribution in [2.45, 2.75) is 45.8 Å². The van der Waals surface area contributed by atoms with Gasteiger partial charge in [-0.25, -0.2) is 0 Å². The highest BCUT2D eigenvalue weighted by Gasteiger charge is 2.16. The molecule has 1 aliphatic rings.